The molecule has 42 heavy (non-hydrogen) atoms. The number of amides is 3. The molecule has 0 saturated carbocycles. The average Bonchev–Trinajstić information content (AvgIpc) is 3.25. The van der Waals surface area contributed by atoms with Gasteiger partial charge in [-0.05, 0) is 77.6 Å². The minimum atomic E-state index is -1.28. The first-order chi connectivity index (χ1) is 20.2. The molecule has 6 nitrogen and oxygen atoms in total. The van der Waals surface area contributed by atoms with Gasteiger partial charge in [-0.2, -0.15) is 0 Å². The lowest BCUT2D eigenvalue weighted by Gasteiger charge is -2.54. The van der Waals surface area contributed by atoms with Gasteiger partial charge >= 0.3 is 0 Å². The molecule has 8 heteroatoms. The summed E-state index contributed by atoms with van der Waals surface area (Å²) in [7, 11) is 0. The summed E-state index contributed by atoms with van der Waals surface area (Å²) in [4.78, 5) is 39.5. The number of benzene rings is 4. The van der Waals surface area contributed by atoms with E-state index in [2.05, 4.69) is 5.32 Å². The van der Waals surface area contributed by atoms with Crippen molar-refractivity contribution in [1.29, 1.82) is 0 Å². The number of hydrogen-bond donors (Lipinski definition) is 1. The SMILES string of the molecule is Cc1cccc(Oc2ccc(NC(=O)CN3C(=O)[C@@H]4[C@H](C3=O)C3(Cl)c5ccccc5C4(Cl)c4ccccc43)cc2)c1C. The number of carbonyl (C=O) groups is 3. The average molecular weight is 597 g/mol. The minimum Gasteiger partial charge on any atom is -0.457 e. The molecule has 1 saturated heterocycles. The zero-order chi connectivity index (χ0) is 29.4. The molecule has 1 fully saturated rings. The van der Waals surface area contributed by atoms with E-state index in [-0.39, 0.29) is 0 Å². The predicted molar refractivity (Wildman–Crippen MR) is 161 cm³/mol. The fraction of sp³-hybridized carbons (Fsp3) is 0.206. The van der Waals surface area contributed by atoms with Crippen molar-refractivity contribution in [2.24, 2.45) is 11.8 Å². The third-order valence-corrected chi connectivity index (χ3v) is 10.2. The maximum Gasteiger partial charge on any atom is 0.244 e. The van der Waals surface area contributed by atoms with Gasteiger partial charge < -0.3 is 10.1 Å². The van der Waals surface area contributed by atoms with E-state index >= 15 is 0 Å². The first-order valence-electron chi connectivity index (χ1n) is 13.7. The first kappa shape index (κ1) is 26.7. The molecule has 2 bridgehead atoms. The molecule has 3 amide bonds. The van der Waals surface area contributed by atoms with E-state index in [0.29, 0.717) is 11.4 Å². The molecule has 4 aliphatic rings. The topological polar surface area (TPSA) is 75.7 Å². The van der Waals surface area contributed by atoms with E-state index in [0.717, 1.165) is 44.0 Å². The lowest BCUT2D eigenvalue weighted by molar-refractivity contribution is -0.142. The quantitative estimate of drug-likeness (QED) is 0.207. The number of carbonyl (C=O) groups excluding carboxylic acids is 3. The zero-order valence-corrected chi connectivity index (χ0v) is 24.4. The van der Waals surface area contributed by atoms with Crippen molar-refractivity contribution < 1.29 is 19.1 Å². The van der Waals surface area contributed by atoms with Gasteiger partial charge in [0.1, 0.15) is 27.8 Å². The number of anilines is 1. The van der Waals surface area contributed by atoms with Crippen molar-refractivity contribution in [3.05, 3.63) is 124 Å². The van der Waals surface area contributed by atoms with Gasteiger partial charge in [0, 0.05) is 5.69 Å². The number of alkyl halides is 2. The van der Waals surface area contributed by atoms with Crippen molar-refractivity contribution in [3.8, 4) is 11.5 Å². The summed E-state index contributed by atoms with van der Waals surface area (Å²) in [5.74, 6) is -2.01. The van der Waals surface area contributed by atoms with E-state index < -0.39 is 45.9 Å². The Morgan fingerprint density at radius 2 is 1.26 bits per heavy atom. The summed E-state index contributed by atoms with van der Waals surface area (Å²) >= 11 is 14.9. The molecule has 3 aliphatic carbocycles. The van der Waals surface area contributed by atoms with Crippen LogP contribution >= 0.6 is 23.2 Å². The molecular formula is C34H26Cl2N2O4. The summed E-state index contributed by atoms with van der Waals surface area (Å²) in [5.41, 5.74) is 5.56. The van der Waals surface area contributed by atoms with E-state index in [1.54, 1.807) is 24.3 Å². The highest BCUT2D eigenvalue weighted by Gasteiger charge is 2.73. The van der Waals surface area contributed by atoms with Gasteiger partial charge in [0.05, 0.1) is 11.8 Å². The van der Waals surface area contributed by atoms with Gasteiger partial charge in [-0.15, -0.1) is 23.2 Å². The zero-order valence-electron chi connectivity index (χ0n) is 22.9. The van der Waals surface area contributed by atoms with Crippen LogP contribution < -0.4 is 10.1 Å². The highest BCUT2D eigenvalue weighted by molar-refractivity contribution is 6.36. The molecule has 1 heterocycles. The van der Waals surface area contributed by atoms with Crippen LogP contribution in [0.3, 0.4) is 0 Å². The second kappa shape index (κ2) is 9.45. The standard InChI is InChI=1S/C34H26Cl2N2O4/c1-19-8-7-13-27(20(19)2)42-22-16-14-21(15-17-22)37-28(39)18-38-31(40)29-30(32(38)41)34(36)24-10-4-3-9-23(24)33(29,35)25-11-5-6-12-26(25)34/h3-17,29-30H,18H2,1-2H3,(H,37,39)/t29-,30+,33?,34?. The van der Waals surface area contributed by atoms with Crippen LogP contribution in [0.1, 0.15) is 33.4 Å². The van der Waals surface area contributed by atoms with Crippen LogP contribution in [-0.2, 0) is 24.1 Å². The fourth-order valence-corrected chi connectivity index (χ4v) is 7.89. The Morgan fingerprint density at radius 1 is 0.762 bits per heavy atom. The Balaban J connectivity index is 1.13. The van der Waals surface area contributed by atoms with Crippen LogP contribution in [0.2, 0.25) is 0 Å². The van der Waals surface area contributed by atoms with Gasteiger partial charge in [-0.25, -0.2) is 0 Å². The Bertz CT molecular complexity index is 1680. The summed E-state index contributed by atoms with van der Waals surface area (Å²) < 4.78 is 6.00. The summed E-state index contributed by atoms with van der Waals surface area (Å²) in [6, 6.07) is 27.7. The molecule has 4 aromatic rings. The van der Waals surface area contributed by atoms with Crippen LogP contribution in [0.5, 0.6) is 11.5 Å². The third kappa shape index (κ3) is 3.61. The van der Waals surface area contributed by atoms with Crippen molar-refractivity contribution in [2.45, 2.75) is 23.6 Å². The maximum atomic E-state index is 13.9. The largest absolute Gasteiger partial charge is 0.457 e. The molecule has 0 radical (unpaired) electrons. The second-order valence-electron chi connectivity index (χ2n) is 11.1. The van der Waals surface area contributed by atoms with Crippen molar-refractivity contribution >= 4 is 46.6 Å². The van der Waals surface area contributed by atoms with Crippen molar-refractivity contribution in [2.75, 3.05) is 11.9 Å². The van der Waals surface area contributed by atoms with E-state index in [4.69, 9.17) is 27.9 Å². The Morgan fingerprint density at radius 3 is 1.76 bits per heavy atom. The van der Waals surface area contributed by atoms with E-state index in [1.807, 2.05) is 80.6 Å². The lowest BCUT2D eigenvalue weighted by Crippen LogP contribution is -2.57. The van der Waals surface area contributed by atoms with Gasteiger partial charge in [-0.3, -0.25) is 19.3 Å². The van der Waals surface area contributed by atoms with Gasteiger partial charge in [-0.1, -0.05) is 60.7 Å². The number of nitrogens with zero attached hydrogens (tertiary/aromatic N) is 1. The molecule has 0 spiro atoms. The van der Waals surface area contributed by atoms with Crippen molar-refractivity contribution in [3.63, 3.8) is 0 Å². The van der Waals surface area contributed by atoms with Crippen LogP contribution in [0.25, 0.3) is 0 Å². The monoisotopic (exact) mass is 596 g/mol. The number of aryl methyl sites for hydroxylation is 1. The maximum absolute atomic E-state index is 13.9. The number of imide groups is 1. The van der Waals surface area contributed by atoms with Crippen LogP contribution in [0.4, 0.5) is 5.69 Å². The van der Waals surface area contributed by atoms with E-state index in [9.17, 15) is 14.4 Å². The van der Waals surface area contributed by atoms with Crippen LogP contribution in [-0.4, -0.2) is 29.2 Å². The first-order valence-corrected chi connectivity index (χ1v) is 14.5. The van der Waals surface area contributed by atoms with E-state index in [1.165, 1.54) is 0 Å². The lowest BCUT2D eigenvalue weighted by atomic mass is 9.54. The van der Waals surface area contributed by atoms with Crippen molar-refractivity contribution in [1.82, 2.24) is 4.90 Å². The summed E-state index contributed by atoms with van der Waals surface area (Å²) in [5, 5.41) is 2.79. The minimum absolute atomic E-state index is 0.446. The predicted octanol–water partition coefficient (Wildman–Crippen LogP) is 6.63. The number of nitrogens with one attached hydrogen (secondary N) is 1. The molecule has 8 rings (SSSR count). The molecule has 0 aromatic heterocycles. The highest BCUT2D eigenvalue weighted by atomic mass is 35.5. The summed E-state index contributed by atoms with van der Waals surface area (Å²) in [6.45, 7) is 3.57. The third-order valence-electron chi connectivity index (χ3n) is 8.90. The van der Waals surface area contributed by atoms with Gasteiger partial charge in [0.15, 0.2) is 0 Å². The number of rotatable bonds is 5. The molecule has 2 atom stereocenters. The molecular weight excluding hydrogens is 571 g/mol. The summed E-state index contributed by atoms with van der Waals surface area (Å²) in [6.07, 6.45) is 0. The molecule has 1 N–H and O–H groups in total. The Labute approximate surface area is 253 Å². The number of halogens is 2. The van der Waals surface area contributed by atoms with Gasteiger partial charge in [0.25, 0.3) is 0 Å². The molecule has 1 aliphatic heterocycles. The highest BCUT2D eigenvalue weighted by Crippen LogP contribution is 2.69. The Hall–Kier alpha value is -4.13. The fourth-order valence-electron chi connectivity index (χ4n) is 6.79. The van der Waals surface area contributed by atoms with Gasteiger partial charge in [0.2, 0.25) is 17.7 Å². The van der Waals surface area contributed by atoms with Crippen LogP contribution in [0.15, 0.2) is 91.0 Å². The number of likely N-dealkylation sites (tertiary alicyclic amines) is 1. The number of hydrogen-bond acceptors (Lipinski definition) is 4. The molecule has 0 unspecified atom stereocenters. The molecule has 4 aromatic carbocycles. The normalized spacial score (nSPS) is 25.1. The number of ether oxygens (including phenoxy) is 1. The van der Waals surface area contributed by atoms with Crippen LogP contribution in [0, 0.1) is 25.7 Å². The second-order valence-corrected chi connectivity index (χ2v) is 12.3. The Kier molecular flexibility index (Phi) is 6.02. The molecule has 210 valence electrons. The smallest absolute Gasteiger partial charge is 0.244 e.